The maximum atomic E-state index is 12.5. The van der Waals surface area contributed by atoms with Crippen LogP contribution in [-0.4, -0.2) is 35.9 Å². The molecule has 0 bridgehead atoms. The van der Waals surface area contributed by atoms with Crippen molar-refractivity contribution in [1.82, 2.24) is 9.78 Å². The second kappa shape index (κ2) is 8.18. The first-order valence-electron chi connectivity index (χ1n) is 8.42. The number of hydrogen-bond acceptors (Lipinski definition) is 6. The molecule has 140 valence electrons. The second-order valence-corrected chi connectivity index (χ2v) is 5.83. The van der Waals surface area contributed by atoms with Crippen LogP contribution in [0.5, 0.6) is 0 Å². The van der Waals surface area contributed by atoms with E-state index in [4.69, 9.17) is 14.7 Å². The van der Waals surface area contributed by atoms with Crippen LogP contribution in [0, 0.1) is 11.3 Å². The van der Waals surface area contributed by atoms with Gasteiger partial charge in [-0.2, -0.15) is 10.4 Å². The molecule has 0 spiro atoms. The van der Waals surface area contributed by atoms with E-state index in [-0.39, 0.29) is 17.7 Å². The van der Waals surface area contributed by atoms with Crippen LogP contribution < -0.4 is 0 Å². The van der Waals surface area contributed by atoms with E-state index in [1.54, 1.807) is 48.5 Å². The van der Waals surface area contributed by atoms with Crippen molar-refractivity contribution < 1.29 is 19.1 Å². The van der Waals surface area contributed by atoms with Crippen LogP contribution in [0.25, 0.3) is 16.9 Å². The maximum absolute atomic E-state index is 12.5. The van der Waals surface area contributed by atoms with Gasteiger partial charge in [0.1, 0.15) is 11.3 Å². The maximum Gasteiger partial charge on any atom is 0.357 e. The molecule has 7 heteroatoms. The summed E-state index contributed by atoms with van der Waals surface area (Å²) in [4.78, 5) is 25.0. The molecule has 0 N–H and O–H groups in total. The third kappa shape index (κ3) is 3.48. The van der Waals surface area contributed by atoms with Crippen molar-refractivity contribution in [3.05, 3.63) is 71.4 Å². The van der Waals surface area contributed by atoms with Crippen molar-refractivity contribution in [3.8, 4) is 23.0 Å². The SMILES string of the molecule is COC(=O)c1c(-c2ccc(CC#N)cc2)nn(-c2ccccc2)c1C(=O)OC. The molecule has 0 fully saturated rings. The molecular weight excluding hydrogens is 358 g/mol. The van der Waals surface area contributed by atoms with Crippen LogP contribution in [-0.2, 0) is 15.9 Å². The van der Waals surface area contributed by atoms with Gasteiger partial charge in [-0.15, -0.1) is 0 Å². The number of nitriles is 1. The van der Waals surface area contributed by atoms with Gasteiger partial charge in [-0.3, -0.25) is 0 Å². The summed E-state index contributed by atoms with van der Waals surface area (Å²) in [6.07, 6.45) is 0.274. The zero-order valence-electron chi connectivity index (χ0n) is 15.4. The highest BCUT2D eigenvalue weighted by atomic mass is 16.5. The average Bonchev–Trinajstić information content (AvgIpc) is 3.14. The summed E-state index contributed by atoms with van der Waals surface area (Å²) in [6, 6.07) is 18.1. The van der Waals surface area contributed by atoms with Crippen molar-refractivity contribution in [2.45, 2.75) is 6.42 Å². The number of benzene rings is 2. The number of rotatable bonds is 5. The largest absolute Gasteiger partial charge is 0.465 e. The van der Waals surface area contributed by atoms with E-state index in [9.17, 15) is 9.59 Å². The lowest BCUT2D eigenvalue weighted by atomic mass is 10.0. The van der Waals surface area contributed by atoms with Gasteiger partial charge < -0.3 is 9.47 Å². The Kier molecular flexibility index (Phi) is 5.51. The van der Waals surface area contributed by atoms with Gasteiger partial charge in [0.25, 0.3) is 0 Å². The third-order valence-electron chi connectivity index (χ3n) is 4.16. The first kappa shape index (κ1) is 18.9. The van der Waals surface area contributed by atoms with Crippen molar-refractivity contribution in [2.75, 3.05) is 14.2 Å². The lowest BCUT2D eigenvalue weighted by Crippen LogP contribution is -2.15. The first-order chi connectivity index (χ1) is 13.6. The van der Waals surface area contributed by atoms with Crippen LogP contribution in [0.4, 0.5) is 0 Å². The fraction of sp³-hybridized carbons (Fsp3) is 0.143. The van der Waals surface area contributed by atoms with Gasteiger partial charge >= 0.3 is 11.9 Å². The molecule has 0 aliphatic heterocycles. The molecule has 28 heavy (non-hydrogen) atoms. The molecule has 0 radical (unpaired) electrons. The fourth-order valence-electron chi connectivity index (χ4n) is 2.83. The number of ether oxygens (including phenoxy) is 2. The molecule has 1 aromatic heterocycles. The molecule has 3 aromatic rings. The highest BCUT2D eigenvalue weighted by molar-refractivity contribution is 6.06. The summed E-state index contributed by atoms with van der Waals surface area (Å²) >= 11 is 0. The zero-order chi connectivity index (χ0) is 20.1. The minimum Gasteiger partial charge on any atom is -0.465 e. The van der Waals surface area contributed by atoms with Crippen LogP contribution in [0.1, 0.15) is 26.4 Å². The van der Waals surface area contributed by atoms with Crippen molar-refractivity contribution in [3.63, 3.8) is 0 Å². The normalized spacial score (nSPS) is 10.2. The van der Waals surface area contributed by atoms with E-state index in [1.807, 2.05) is 6.07 Å². The van der Waals surface area contributed by atoms with Gasteiger partial charge in [0.05, 0.1) is 32.4 Å². The standard InChI is InChI=1S/C21H17N3O4/c1-27-20(25)17-18(15-10-8-14(9-11-15)12-13-22)23-24(19(17)21(26)28-2)16-6-4-3-5-7-16/h3-11H,12H2,1-2H3. The predicted octanol–water partition coefficient (Wildman–Crippen LogP) is 3.18. The smallest absolute Gasteiger partial charge is 0.357 e. The Hall–Kier alpha value is -3.92. The Balaban J connectivity index is 2.27. The van der Waals surface area contributed by atoms with Gasteiger partial charge in [0.2, 0.25) is 0 Å². The molecule has 0 aliphatic rings. The van der Waals surface area contributed by atoms with Crippen molar-refractivity contribution in [2.24, 2.45) is 0 Å². The van der Waals surface area contributed by atoms with Crippen LogP contribution in [0.15, 0.2) is 54.6 Å². The van der Waals surface area contributed by atoms with E-state index < -0.39 is 11.9 Å². The molecule has 2 aromatic carbocycles. The molecule has 1 heterocycles. The summed E-state index contributed by atoms with van der Waals surface area (Å²) in [5.74, 6) is -1.40. The van der Waals surface area contributed by atoms with E-state index >= 15 is 0 Å². The Bertz CT molecular complexity index is 1050. The zero-order valence-corrected chi connectivity index (χ0v) is 15.4. The molecule has 0 atom stereocenters. The van der Waals surface area contributed by atoms with Crippen LogP contribution >= 0.6 is 0 Å². The quantitative estimate of drug-likeness (QED) is 0.636. The molecular formula is C21H17N3O4. The van der Waals surface area contributed by atoms with Crippen LogP contribution in [0.3, 0.4) is 0 Å². The number of nitrogens with zero attached hydrogens (tertiary/aromatic N) is 3. The van der Waals surface area contributed by atoms with Crippen molar-refractivity contribution in [1.29, 1.82) is 5.26 Å². The van der Waals surface area contributed by atoms with Gasteiger partial charge in [0, 0.05) is 5.56 Å². The molecule has 7 nitrogen and oxygen atoms in total. The Morgan fingerprint density at radius 3 is 2.21 bits per heavy atom. The number of methoxy groups -OCH3 is 2. The highest BCUT2D eigenvalue weighted by Gasteiger charge is 2.31. The molecule has 0 saturated heterocycles. The molecule has 0 unspecified atom stereocenters. The summed E-state index contributed by atoms with van der Waals surface area (Å²) < 4.78 is 11.2. The van der Waals surface area contributed by atoms with E-state index in [0.717, 1.165) is 5.56 Å². The number of hydrogen-bond donors (Lipinski definition) is 0. The van der Waals surface area contributed by atoms with E-state index in [2.05, 4.69) is 11.2 Å². The molecule has 0 aliphatic carbocycles. The molecule has 3 rings (SSSR count). The Morgan fingerprint density at radius 2 is 1.64 bits per heavy atom. The minimum atomic E-state index is -0.705. The summed E-state index contributed by atoms with van der Waals surface area (Å²) in [5, 5.41) is 13.3. The highest BCUT2D eigenvalue weighted by Crippen LogP contribution is 2.29. The van der Waals surface area contributed by atoms with Crippen LogP contribution in [0.2, 0.25) is 0 Å². The summed E-state index contributed by atoms with van der Waals surface area (Å²) in [5.41, 5.74) is 2.34. The predicted molar refractivity (Wildman–Crippen MR) is 101 cm³/mol. The number of carbonyl (C=O) groups is 2. The lowest BCUT2D eigenvalue weighted by Gasteiger charge is -2.07. The number of esters is 2. The number of para-hydroxylation sites is 1. The van der Waals surface area contributed by atoms with Crippen molar-refractivity contribution >= 4 is 11.9 Å². The monoisotopic (exact) mass is 375 g/mol. The summed E-state index contributed by atoms with van der Waals surface area (Å²) in [6.45, 7) is 0. The topological polar surface area (TPSA) is 94.2 Å². The van der Waals surface area contributed by atoms with E-state index in [0.29, 0.717) is 16.9 Å². The molecule has 0 amide bonds. The summed E-state index contributed by atoms with van der Waals surface area (Å²) in [7, 11) is 2.48. The van der Waals surface area contributed by atoms with Gasteiger partial charge in [-0.05, 0) is 17.7 Å². The average molecular weight is 375 g/mol. The lowest BCUT2D eigenvalue weighted by molar-refractivity contribution is 0.0549. The Labute approximate surface area is 161 Å². The number of aromatic nitrogens is 2. The number of carbonyl (C=O) groups excluding carboxylic acids is 2. The second-order valence-electron chi connectivity index (χ2n) is 5.83. The molecule has 0 saturated carbocycles. The third-order valence-corrected chi connectivity index (χ3v) is 4.16. The minimum absolute atomic E-state index is 0.0170. The van der Waals surface area contributed by atoms with Gasteiger partial charge in [-0.25, -0.2) is 14.3 Å². The Morgan fingerprint density at radius 1 is 1.00 bits per heavy atom. The van der Waals surface area contributed by atoms with Gasteiger partial charge in [-0.1, -0.05) is 42.5 Å². The van der Waals surface area contributed by atoms with Gasteiger partial charge in [0.15, 0.2) is 5.69 Å². The van der Waals surface area contributed by atoms with E-state index in [1.165, 1.54) is 18.9 Å². The fourth-order valence-corrected chi connectivity index (χ4v) is 2.83. The first-order valence-corrected chi connectivity index (χ1v) is 8.42.